The number of halogens is 1. The average molecular weight is 287 g/mol. The predicted octanol–water partition coefficient (Wildman–Crippen LogP) is 3.61. The van der Waals surface area contributed by atoms with E-state index in [0.717, 1.165) is 23.3 Å². The maximum absolute atomic E-state index is 5.90. The summed E-state index contributed by atoms with van der Waals surface area (Å²) in [4.78, 5) is 3.93. The lowest BCUT2D eigenvalue weighted by Gasteiger charge is -2.30. The first-order valence-electron chi connectivity index (χ1n) is 6.91. The van der Waals surface area contributed by atoms with Gasteiger partial charge in [0.15, 0.2) is 0 Å². The molecule has 4 heteroatoms. The summed E-state index contributed by atoms with van der Waals surface area (Å²) in [6.07, 6.45) is 4.00. The smallest absolute Gasteiger partial charge is 0.0931 e. The summed E-state index contributed by atoms with van der Waals surface area (Å²) in [5.41, 5.74) is 0. The molecule has 1 saturated heterocycles. The highest BCUT2D eigenvalue weighted by Crippen LogP contribution is 2.21. The van der Waals surface area contributed by atoms with Crippen LogP contribution in [0.5, 0.6) is 0 Å². The van der Waals surface area contributed by atoms with Crippen LogP contribution in [0.2, 0.25) is 4.34 Å². The van der Waals surface area contributed by atoms with Crippen molar-refractivity contribution in [3.05, 3.63) is 21.3 Å². The number of thiophene rings is 1. The molecular formula is C14H23ClN2S. The number of nitrogens with zero attached hydrogens (tertiary/aromatic N) is 1. The Morgan fingerprint density at radius 1 is 1.39 bits per heavy atom. The fraction of sp³-hybridized carbons (Fsp3) is 0.714. The molecule has 102 valence electrons. The molecular weight excluding hydrogens is 264 g/mol. The largest absolute Gasteiger partial charge is 0.312 e. The van der Waals surface area contributed by atoms with Crippen LogP contribution >= 0.6 is 22.9 Å². The van der Waals surface area contributed by atoms with E-state index in [1.165, 1.54) is 43.8 Å². The van der Waals surface area contributed by atoms with E-state index in [0.29, 0.717) is 0 Å². The van der Waals surface area contributed by atoms with Crippen LogP contribution in [0, 0.1) is 5.92 Å². The first-order valence-corrected chi connectivity index (χ1v) is 8.11. The van der Waals surface area contributed by atoms with Gasteiger partial charge in [0.05, 0.1) is 4.34 Å². The fourth-order valence-corrected chi connectivity index (χ4v) is 3.43. The first kappa shape index (κ1) is 14.3. The van der Waals surface area contributed by atoms with E-state index >= 15 is 0 Å². The van der Waals surface area contributed by atoms with Crippen LogP contribution in [0.1, 0.15) is 31.1 Å². The summed E-state index contributed by atoms with van der Waals surface area (Å²) < 4.78 is 0.884. The minimum Gasteiger partial charge on any atom is -0.312 e. The Morgan fingerprint density at radius 2 is 2.17 bits per heavy atom. The van der Waals surface area contributed by atoms with E-state index in [1.807, 2.05) is 6.07 Å². The maximum atomic E-state index is 5.90. The normalized spacial score (nSPS) is 18.3. The van der Waals surface area contributed by atoms with Crippen LogP contribution in [-0.2, 0) is 6.54 Å². The van der Waals surface area contributed by atoms with Gasteiger partial charge in [-0.2, -0.15) is 0 Å². The summed E-state index contributed by atoms with van der Waals surface area (Å²) in [6, 6.07) is 4.07. The molecule has 0 atom stereocenters. The van der Waals surface area contributed by atoms with Crippen molar-refractivity contribution in [2.24, 2.45) is 5.92 Å². The quantitative estimate of drug-likeness (QED) is 0.804. The maximum Gasteiger partial charge on any atom is 0.0931 e. The van der Waals surface area contributed by atoms with E-state index in [1.54, 1.807) is 11.3 Å². The van der Waals surface area contributed by atoms with Crippen LogP contribution in [0.15, 0.2) is 12.1 Å². The molecule has 1 aromatic rings. The molecule has 1 aliphatic rings. The molecule has 0 radical (unpaired) electrons. The van der Waals surface area contributed by atoms with Crippen LogP contribution in [0.4, 0.5) is 0 Å². The monoisotopic (exact) mass is 286 g/mol. The molecule has 2 nitrogen and oxygen atoms in total. The van der Waals surface area contributed by atoms with Gasteiger partial charge in [0.2, 0.25) is 0 Å². The molecule has 1 fully saturated rings. The minimum absolute atomic E-state index is 0.884. The van der Waals surface area contributed by atoms with Crippen molar-refractivity contribution in [3.8, 4) is 0 Å². The van der Waals surface area contributed by atoms with E-state index in [-0.39, 0.29) is 0 Å². The van der Waals surface area contributed by atoms with Crippen LogP contribution < -0.4 is 5.32 Å². The van der Waals surface area contributed by atoms with Gasteiger partial charge in [-0.1, -0.05) is 18.5 Å². The number of hydrogen-bond donors (Lipinski definition) is 1. The van der Waals surface area contributed by atoms with Gasteiger partial charge in [0.25, 0.3) is 0 Å². The van der Waals surface area contributed by atoms with Crippen LogP contribution in [-0.4, -0.2) is 31.1 Å². The van der Waals surface area contributed by atoms with Gasteiger partial charge in [-0.15, -0.1) is 11.3 Å². The lowest BCUT2D eigenvalue weighted by atomic mass is 9.99. The second-order valence-electron chi connectivity index (χ2n) is 5.26. The Bertz CT molecular complexity index is 345. The summed E-state index contributed by atoms with van der Waals surface area (Å²) in [6.45, 7) is 8.25. The zero-order valence-electron chi connectivity index (χ0n) is 11.1. The molecule has 0 unspecified atom stereocenters. The van der Waals surface area contributed by atoms with Crippen LogP contribution in [0.25, 0.3) is 0 Å². The van der Waals surface area contributed by atoms with Gasteiger partial charge in [0.1, 0.15) is 0 Å². The van der Waals surface area contributed by atoms with Crippen molar-refractivity contribution < 1.29 is 0 Å². The fourth-order valence-electron chi connectivity index (χ4n) is 2.37. The van der Waals surface area contributed by atoms with Gasteiger partial charge >= 0.3 is 0 Å². The van der Waals surface area contributed by atoms with Gasteiger partial charge in [-0.25, -0.2) is 0 Å². The third-order valence-electron chi connectivity index (χ3n) is 3.63. The first-order chi connectivity index (χ1) is 8.74. The Hall–Kier alpha value is -0.0900. The van der Waals surface area contributed by atoms with Crippen molar-refractivity contribution in [2.45, 2.75) is 32.7 Å². The molecule has 0 aliphatic carbocycles. The number of rotatable bonds is 6. The molecule has 2 rings (SSSR count). The van der Waals surface area contributed by atoms with Crippen molar-refractivity contribution in [2.75, 3.05) is 26.2 Å². The summed E-state index contributed by atoms with van der Waals surface area (Å²) >= 11 is 7.56. The Morgan fingerprint density at radius 3 is 2.83 bits per heavy atom. The van der Waals surface area contributed by atoms with E-state index in [9.17, 15) is 0 Å². The lowest BCUT2D eigenvalue weighted by Crippen LogP contribution is -2.34. The summed E-state index contributed by atoms with van der Waals surface area (Å²) in [5.74, 6) is 0.933. The molecule has 0 saturated carbocycles. The average Bonchev–Trinajstić information content (AvgIpc) is 2.77. The number of likely N-dealkylation sites (tertiary alicyclic amines) is 1. The molecule has 1 aromatic heterocycles. The topological polar surface area (TPSA) is 15.3 Å². The van der Waals surface area contributed by atoms with Gasteiger partial charge in [-0.05, 0) is 63.5 Å². The Kier molecular flexibility index (Phi) is 5.96. The van der Waals surface area contributed by atoms with E-state index in [4.69, 9.17) is 11.6 Å². The second-order valence-corrected chi connectivity index (χ2v) is 7.06. The van der Waals surface area contributed by atoms with Crippen molar-refractivity contribution >= 4 is 22.9 Å². The standard InChI is InChI=1S/C14H23ClN2S/c1-12-5-9-17(10-6-12)8-2-7-16-11-13-3-4-14(15)18-13/h3-4,12,16H,2,5-11H2,1H3. The van der Waals surface area contributed by atoms with Crippen molar-refractivity contribution in [3.63, 3.8) is 0 Å². The van der Waals surface area contributed by atoms with E-state index in [2.05, 4.69) is 23.2 Å². The molecule has 1 aliphatic heterocycles. The molecule has 2 heterocycles. The number of hydrogen-bond acceptors (Lipinski definition) is 3. The van der Waals surface area contributed by atoms with Crippen molar-refractivity contribution in [1.29, 1.82) is 0 Å². The highest BCUT2D eigenvalue weighted by Gasteiger charge is 2.14. The van der Waals surface area contributed by atoms with Gasteiger partial charge in [-0.3, -0.25) is 0 Å². The van der Waals surface area contributed by atoms with Gasteiger partial charge in [0, 0.05) is 11.4 Å². The lowest BCUT2D eigenvalue weighted by molar-refractivity contribution is 0.190. The van der Waals surface area contributed by atoms with E-state index < -0.39 is 0 Å². The Balaban J connectivity index is 1.51. The highest BCUT2D eigenvalue weighted by atomic mass is 35.5. The zero-order chi connectivity index (χ0) is 12.8. The van der Waals surface area contributed by atoms with Crippen molar-refractivity contribution in [1.82, 2.24) is 10.2 Å². The summed E-state index contributed by atoms with van der Waals surface area (Å²) in [7, 11) is 0. The second kappa shape index (κ2) is 7.49. The SMILES string of the molecule is CC1CCN(CCCNCc2ccc(Cl)s2)CC1. The highest BCUT2D eigenvalue weighted by molar-refractivity contribution is 7.16. The third kappa shape index (κ3) is 4.88. The molecule has 0 amide bonds. The molecule has 18 heavy (non-hydrogen) atoms. The predicted molar refractivity (Wildman–Crippen MR) is 80.5 cm³/mol. The molecule has 0 bridgehead atoms. The molecule has 0 spiro atoms. The summed E-state index contributed by atoms with van der Waals surface area (Å²) in [5, 5.41) is 3.49. The third-order valence-corrected chi connectivity index (χ3v) is 4.86. The molecule has 0 aromatic carbocycles. The molecule has 1 N–H and O–H groups in total. The minimum atomic E-state index is 0.884. The Labute approximate surface area is 119 Å². The van der Waals surface area contributed by atoms with Crippen LogP contribution in [0.3, 0.4) is 0 Å². The zero-order valence-corrected chi connectivity index (χ0v) is 12.7. The number of nitrogens with one attached hydrogen (secondary N) is 1. The number of piperidine rings is 1. The van der Waals surface area contributed by atoms with Gasteiger partial charge < -0.3 is 10.2 Å².